The second-order valence-corrected chi connectivity index (χ2v) is 4.82. The Kier molecular flexibility index (Phi) is 5.64. The van der Waals surface area contributed by atoms with Crippen molar-refractivity contribution < 1.29 is 22.7 Å². The zero-order valence-corrected chi connectivity index (χ0v) is 11.3. The first kappa shape index (κ1) is 15.8. The van der Waals surface area contributed by atoms with Gasteiger partial charge in [0, 0.05) is 5.75 Å². The molecule has 0 bridgehead atoms. The van der Waals surface area contributed by atoms with E-state index in [0.717, 1.165) is 5.75 Å². The molecule has 0 aliphatic rings. The Labute approximate surface area is 112 Å². The van der Waals surface area contributed by atoms with Gasteiger partial charge in [-0.2, -0.15) is 24.9 Å². The molecule has 0 unspecified atom stereocenters. The number of hydrogen-bond acceptors (Lipinski definition) is 5. The summed E-state index contributed by atoms with van der Waals surface area (Å²) in [5.74, 6) is 0.149. The zero-order chi connectivity index (χ0) is 14.5. The van der Waals surface area contributed by atoms with Gasteiger partial charge in [-0.05, 0) is 12.7 Å². The number of hydrogen-bond donors (Lipinski definition) is 0. The molecule has 9 heteroatoms. The van der Waals surface area contributed by atoms with Crippen LogP contribution in [0.5, 0.6) is 0 Å². The van der Waals surface area contributed by atoms with Crippen molar-refractivity contribution in [2.24, 2.45) is 0 Å². The van der Waals surface area contributed by atoms with E-state index in [0.29, 0.717) is 10.4 Å². The smallest absolute Gasteiger partial charge is 0.435 e. The Morgan fingerprint density at radius 1 is 1.42 bits per heavy atom. The fourth-order valence-electron chi connectivity index (χ4n) is 1.38. The Morgan fingerprint density at radius 3 is 2.63 bits per heavy atom. The van der Waals surface area contributed by atoms with Gasteiger partial charge < -0.3 is 4.74 Å². The van der Waals surface area contributed by atoms with Gasteiger partial charge in [0.2, 0.25) is 5.69 Å². The van der Waals surface area contributed by atoms with Gasteiger partial charge in [-0.3, -0.25) is 0 Å². The van der Waals surface area contributed by atoms with E-state index in [2.05, 4.69) is 15.0 Å². The highest BCUT2D eigenvalue weighted by Gasteiger charge is 2.41. The Hall–Kier alpha value is -1.25. The average molecular weight is 297 g/mol. The molecule has 1 aromatic heterocycles. The minimum Gasteiger partial charge on any atom is -0.461 e. The molecule has 5 nitrogen and oxygen atoms in total. The Bertz CT molecular complexity index is 434. The minimum atomic E-state index is -4.69. The summed E-state index contributed by atoms with van der Waals surface area (Å²) >= 11 is 1.48. The Morgan fingerprint density at radius 2 is 2.11 bits per heavy atom. The maximum Gasteiger partial charge on any atom is 0.435 e. The van der Waals surface area contributed by atoms with Crippen molar-refractivity contribution in [1.82, 2.24) is 15.0 Å². The number of ether oxygens (including phenoxy) is 1. The summed E-state index contributed by atoms with van der Waals surface area (Å²) < 4.78 is 44.1. The standard InChI is InChI=1S/C10H14F3N3O2S/c1-3-18-9(17)7-8(10(11,12)13)16(15-14-7)5-6-19-4-2/h3-6H2,1-2H3. The second kappa shape index (κ2) is 6.78. The molecule has 0 aliphatic heterocycles. The molecule has 0 fully saturated rings. The van der Waals surface area contributed by atoms with Gasteiger partial charge in [0.05, 0.1) is 13.2 Å². The molecule has 0 N–H and O–H groups in total. The molecule has 0 saturated heterocycles. The van der Waals surface area contributed by atoms with E-state index in [1.165, 1.54) is 18.7 Å². The van der Waals surface area contributed by atoms with E-state index >= 15 is 0 Å². The SMILES string of the molecule is CCOC(=O)c1nnn(CCSCC)c1C(F)(F)F. The first-order chi connectivity index (χ1) is 8.91. The molecular formula is C10H14F3N3O2S. The molecular weight excluding hydrogens is 283 g/mol. The fourth-order valence-corrected chi connectivity index (χ4v) is 1.97. The molecule has 1 heterocycles. The van der Waals surface area contributed by atoms with Gasteiger partial charge in [0.25, 0.3) is 0 Å². The van der Waals surface area contributed by atoms with Crippen LogP contribution < -0.4 is 0 Å². The van der Waals surface area contributed by atoms with Crippen LogP contribution in [0, 0.1) is 0 Å². The van der Waals surface area contributed by atoms with Gasteiger partial charge in [-0.15, -0.1) is 5.10 Å². The lowest BCUT2D eigenvalue weighted by molar-refractivity contribution is -0.144. The number of aromatic nitrogens is 3. The summed E-state index contributed by atoms with van der Waals surface area (Å²) in [4.78, 5) is 11.4. The fraction of sp³-hybridized carbons (Fsp3) is 0.700. The highest BCUT2D eigenvalue weighted by Crippen LogP contribution is 2.31. The van der Waals surface area contributed by atoms with Crippen molar-refractivity contribution in [1.29, 1.82) is 0 Å². The Balaban J connectivity index is 3.02. The van der Waals surface area contributed by atoms with Crippen LogP contribution in [0.2, 0.25) is 0 Å². The van der Waals surface area contributed by atoms with Crippen LogP contribution >= 0.6 is 11.8 Å². The average Bonchev–Trinajstić information content (AvgIpc) is 2.73. The number of thioether (sulfide) groups is 1. The molecule has 1 rings (SSSR count). The summed E-state index contributed by atoms with van der Waals surface area (Å²) in [5, 5.41) is 6.68. The number of nitrogens with zero attached hydrogens (tertiary/aromatic N) is 3. The number of alkyl halides is 3. The van der Waals surface area contributed by atoms with Gasteiger partial charge in [-0.1, -0.05) is 12.1 Å². The summed E-state index contributed by atoms with van der Waals surface area (Å²) in [6.45, 7) is 3.43. The number of carbonyl (C=O) groups is 1. The zero-order valence-electron chi connectivity index (χ0n) is 10.5. The van der Waals surface area contributed by atoms with E-state index in [9.17, 15) is 18.0 Å². The quantitative estimate of drug-likeness (QED) is 0.595. The van der Waals surface area contributed by atoms with E-state index in [1.807, 2.05) is 6.92 Å². The van der Waals surface area contributed by atoms with Crippen LogP contribution in [0.15, 0.2) is 0 Å². The van der Waals surface area contributed by atoms with Gasteiger partial charge >= 0.3 is 12.1 Å². The van der Waals surface area contributed by atoms with Crippen LogP contribution in [-0.2, 0) is 17.5 Å². The number of carbonyl (C=O) groups excluding carboxylic acids is 1. The highest BCUT2D eigenvalue weighted by atomic mass is 32.2. The van der Waals surface area contributed by atoms with Crippen molar-refractivity contribution in [3.8, 4) is 0 Å². The lowest BCUT2D eigenvalue weighted by Crippen LogP contribution is -2.20. The van der Waals surface area contributed by atoms with Crippen molar-refractivity contribution in [3.05, 3.63) is 11.4 Å². The third-order valence-corrected chi connectivity index (χ3v) is 3.00. The molecule has 0 saturated carbocycles. The number of rotatable bonds is 6. The normalized spacial score (nSPS) is 11.6. The van der Waals surface area contributed by atoms with Gasteiger partial charge in [0.1, 0.15) is 0 Å². The molecule has 0 radical (unpaired) electrons. The summed E-state index contributed by atoms with van der Waals surface area (Å²) in [6.07, 6.45) is -4.69. The van der Waals surface area contributed by atoms with Crippen molar-refractivity contribution in [2.45, 2.75) is 26.6 Å². The predicted molar refractivity (Wildman–Crippen MR) is 64.0 cm³/mol. The molecule has 0 aromatic carbocycles. The molecule has 1 aromatic rings. The van der Waals surface area contributed by atoms with Crippen LogP contribution in [-0.4, -0.2) is 39.1 Å². The van der Waals surface area contributed by atoms with E-state index in [-0.39, 0.29) is 13.2 Å². The van der Waals surface area contributed by atoms with Crippen LogP contribution in [0.3, 0.4) is 0 Å². The lowest BCUT2D eigenvalue weighted by atomic mass is 10.3. The first-order valence-electron chi connectivity index (χ1n) is 5.67. The van der Waals surface area contributed by atoms with Crippen molar-refractivity contribution in [3.63, 3.8) is 0 Å². The maximum absolute atomic E-state index is 12.9. The maximum atomic E-state index is 12.9. The summed E-state index contributed by atoms with van der Waals surface area (Å²) in [6, 6.07) is 0. The minimum absolute atomic E-state index is 0.0192. The number of esters is 1. The molecule has 0 spiro atoms. The number of halogens is 3. The van der Waals surface area contributed by atoms with Crippen molar-refractivity contribution >= 4 is 17.7 Å². The highest BCUT2D eigenvalue weighted by molar-refractivity contribution is 7.99. The molecule has 0 amide bonds. The molecule has 0 atom stereocenters. The molecule has 108 valence electrons. The monoisotopic (exact) mass is 297 g/mol. The second-order valence-electron chi connectivity index (χ2n) is 3.42. The lowest BCUT2D eigenvalue weighted by Gasteiger charge is -2.10. The summed E-state index contributed by atoms with van der Waals surface area (Å²) in [7, 11) is 0. The third kappa shape index (κ3) is 4.12. The summed E-state index contributed by atoms with van der Waals surface area (Å²) in [5.41, 5.74) is -1.93. The molecule has 0 aliphatic carbocycles. The molecule has 19 heavy (non-hydrogen) atoms. The van der Waals surface area contributed by atoms with E-state index in [4.69, 9.17) is 0 Å². The third-order valence-electron chi connectivity index (χ3n) is 2.12. The van der Waals surface area contributed by atoms with E-state index in [1.54, 1.807) is 0 Å². The first-order valence-corrected chi connectivity index (χ1v) is 6.82. The van der Waals surface area contributed by atoms with Gasteiger partial charge in [-0.25, -0.2) is 9.48 Å². The largest absolute Gasteiger partial charge is 0.461 e. The topological polar surface area (TPSA) is 57.0 Å². The van der Waals surface area contributed by atoms with Crippen molar-refractivity contribution in [2.75, 3.05) is 18.1 Å². The van der Waals surface area contributed by atoms with Crippen LogP contribution in [0.1, 0.15) is 30.0 Å². The van der Waals surface area contributed by atoms with Crippen LogP contribution in [0.4, 0.5) is 13.2 Å². The van der Waals surface area contributed by atoms with E-state index < -0.39 is 23.5 Å². The predicted octanol–water partition coefficient (Wildman–Crippen LogP) is 2.23. The number of aryl methyl sites for hydroxylation is 1. The van der Waals surface area contributed by atoms with Gasteiger partial charge in [0.15, 0.2) is 5.69 Å². The van der Waals surface area contributed by atoms with Crippen LogP contribution in [0.25, 0.3) is 0 Å².